The highest BCUT2D eigenvalue weighted by Gasteiger charge is 2.15. The van der Waals surface area contributed by atoms with Crippen molar-refractivity contribution >= 4 is 5.91 Å². The van der Waals surface area contributed by atoms with Crippen LogP contribution in [0.25, 0.3) is 0 Å². The van der Waals surface area contributed by atoms with Crippen molar-refractivity contribution in [1.29, 1.82) is 0 Å². The molecule has 0 saturated carbocycles. The van der Waals surface area contributed by atoms with Crippen molar-refractivity contribution < 1.29 is 4.79 Å². The minimum Gasteiger partial charge on any atom is -0.356 e. The van der Waals surface area contributed by atoms with Crippen LogP contribution < -0.4 is 5.32 Å². The van der Waals surface area contributed by atoms with Gasteiger partial charge in [-0.1, -0.05) is 26.7 Å². The number of amides is 1. The summed E-state index contributed by atoms with van der Waals surface area (Å²) in [6.45, 7) is 4.96. The Morgan fingerprint density at radius 3 is 2.67 bits per heavy atom. The van der Waals surface area contributed by atoms with Gasteiger partial charge in [-0.15, -0.1) is 0 Å². The summed E-state index contributed by atoms with van der Waals surface area (Å²) in [5.41, 5.74) is 0. The Labute approximate surface area is 109 Å². The van der Waals surface area contributed by atoms with E-state index in [1.165, 1.54) is 6.33 Å². The number of aryl methyl sites for hydroxylation is 1. The fourth-order valence-electron chi connectivity index (χ4n) is 2.07. The Balaban J connectivity index is 2.18. The molecule has 0 atom stereocenters. The van der Waals surface area contributed by atoms with E-state index in [2.05, 4.69) is 34.3 Å². The van der Waals surface area contributed by atoms with Crippen molar-refractivity contribution in [1.82, 2.24) is 20.5 Å². The molecule has 0 spiro atoms. The van der Waals surface area contributed by atoms with Gasteiger partial charge >= 0.3 is 0 Å². The highest BCUT2D eigenvalue weighted by Crippen LogP contribution is 2.13. The SMILES string of the molecule is CCCC(CCC)C(=O)NCCCc1ncn[nH]1. The summed E-state index contributed by atoms with van der Waals surface area (Å²) in [5.74, 6) is 1.27. The maximum atomic E-state index is 11.9. The molecule has 5 nitrogen and oxygen atoms in total. The Bertz CT molecular complexity index is 318. The standard InChI is InChI=1S/C13H24N4O/c1-3-6-11(7-4-2)13(18)14-9-5-8-12-15-10-16-17-12/h10-11H,3-9H2,1-2H3,(H,14,18)(H,15,16,17). The lowest BCUT2D eigenvalue weighted by atomic mass is 9.97. The average Bonchev–Trinajstić information content (AvgIpc) is 2.87. The number of hydrogen-bond donors (Lipinski definition) is 2. The van der Waals surface area contributed by atoms with E-state index in [4.69, 9.17) is 0 Å². The predicted molar refractivity (Wildman–Crippen MR) is 71.0 cm³/mol. The van der Waals surface area contributed by atoms with Gasteiger partial charge in [-0.3, -0.25) is 9.89 Å². The highest BCUT2D eigenvalue weighted by atomic mass is 16.1. The molecule has 0 fully saturated rings. The second-order valence-corrected chi connectivity index (χ2v) is 4.60. The molecular formula is C13H24N4O. The molecule has 0 unspecified atom stereocenters. The van der Waals surface area contributed by atoms with Gasteiger partial charge in [0.25, 0.3) is 0 Å². The molecule has 0 aliphatic heterocycles. The molecule has 0 bridgehead atoms. The Morgan fingerprint density at radius 2 is 2.11 bits per heavy atom. The lowest BCUT2D eigenvalue weighted by Crippen LogP contribution is -2.31. The Kier molecular flexibility index (Phi) is 7.06. The molecule has 2 N–H and O–H groups in total. The number of rotatable bonds is 9. The van der Waals surface area contributed by atoms with E-state index < -0.39 is 0 Å². The van der Waals surface area contributed by atoms with Crippen molar-refractivity contribution in [2.24, 2.45) is 5.92 Å². The van der Waals surface area contributed by atoms with Gasteiger partial charge in [0, 0.05) is 18.9 Å². The molecule has 0 saturated heterocycles. The molecule has 5 heteroatoms. The molecule has 1 aromatic heterocycles. The second kappa shape index (κ2) is 8.66. The van der Waals surface area contributed by atoms with Crippen LogP contribution >= 0.6 is 0 Å². The molecule has 102 valence electrons. The maximum absolute atomic E-state index is 11.9. The van der Waals surface area contributed by atoms with Crippen molar-refractivity contribution in [2.75, 3.05) is 6.54 Å². The first-order valence-corrected chi connectivity index (χ1v) is 6.89. The number of nitrogens with one attached hydrogen (secondary N) is 2. The first-order valence-electron chi connectivity index (χ1n) is 6.89. The zero-order valence-electron chi connectivity index (χ0n) is 11.4. The molecular weight excluding hydrogens is 228 g/mol. The third kappa shape index (κ3) is 5.29. The second-order valence-electron chi connectivity index (χ2n) is 4.60. The third-order valence-electron chi connectivity index (χ3n) is 3.00. The highest BCUT2D eigenvalue weighted by molar-refractivity contribution is 5.78. The quantitative estimate of drug-likeness (QED) is 0.661. The largest absolute Gasteiger partial charge is 0.356 e. The van der Waals surface area contributed by atoms with Crippen molar-refractivity contribution in [3.63, 3.8) is 0 Å². The smallest absolute Gasteiger partial charge is 0.223 e. The Morgan fingerprint density at radius 1 is 1.39 bits per heavy atom. The van der Waals surface area contributed by atoms with Gasteiger partial charge in [0.1, 0.15) is 12.2 Å². The van der Waals surface area contributed by atoms with E-state index in [9.17, 15) is 4.79 Å². The Hall–Kier alpha value is -1.39. The summed E-state index contributed by atoms with van der Waals surface area (Å²) >= 11 is 0. The topological polar surface area (TPSA) is 70.7 Å². The molecule has 0 aromatic carbocycles. The average molecular weight is 252 g/mol. The van der Waals surface area contributed by atoms with Crippen LogP contribution in [-0.2, 0) is 11.2 Å². The van der Waals surface area contributed by atoms with Crippen LogP contribution in [0.1, 0.15) is 51.8 Å². The summed E-state index contributed by atoms with van der Waals surface area (Å²) < 4.78 is 0. The number of hydrogen-bond acceptors (Lipinski definition) is 3. The number of H-pyrrole nitrogens is 1. The van der Waals surface area contributed by atoms with Crippen LogP contribution in [0.2, 0.25) is 0 Å². The molecule has 1 rings (SSSR count). The van der Waals surface area contributed by atoms with E-state index in [-0.39, 0.29) is 11.8 Å². The lowest BCUT2D eigenvalue weighted by molar-refractivity contribution is -0.125. The molecule has 1 amide bonds. The van der Waals surface area contributed by atoms with Gasteiger partial charge in [0.05, 0.1) is 0 Å². The first-order chi connectivity index (χ1) is 8.77. The fourth-order valence-corrected chi connectivity index (χ4v) is 2.07. The summed E-state index contributed by atoms with van der Waals surface area (Å²) in [6.07, 6.45) is 7.33. The van der Waals surface area contributed by atoms with E-state index in [0.717, 1.165) is 44.3 Å². The van der Waals surface area contributed by atoms with E-state index >= 15 is 0 Å². The number of nitrogens with zero attached hydrogens (tertiary/aromatic N) is 2. The minimum atomic E-state index is 0.185. The van der Waals surface area contributed by atoms with E-state index in [0.29, 0.717) is 6.54 Å². The van der Waals surface area contributed by atoms with Gasteiger partial charge in [-0.05, 0) is 19.3 Å². The first kappa shape index (κ1) is 14.7. The lowest BCUT2D eigenvalue weighted by Gasteiger charge is -2.14. The summed E-state index contributed by atoms with van der Waals surface area (Å²) in [7, 11) is 0. The van der Waals surface area contributed by atoms with E-state index in [1.54, 1.807) is 0 Å². The van der Waals surface area contributed by atoms with Crippen molar-refractivity contribution in [2.45, 2.75) is 52.4 Å². The van der Waals surface area contributed by atoms with Crippen molar-refractivity contribution in [3.8, 4) is 0 Å². The summed E-state index contributed by atoms with van der Waals surface area (Å²) in [4.78, 5) is 16.0. The predicted octanol–water partition coefficient (Wildman–Crippen LogP) is 2.07. The molecule has 1 aromatic rings. The van der Waals surface area contributed by atoms with Crippen molar-refractivity contribution in [3.05, 3.63) is 12.2 Å². The fraction of sp³-hybridized carbons (Fsp3) is 0.769. The maximum Gasteiger partial charge on any atom is 0.223 e. The van der Waals surface area contributed by atoms with Crippen LogP contribution in [-0.4, -0.2) is 27.6 Å². The van der Waals surface area contributed by atoms with Crippen LogP contribution in [0, 0.1) is 5.92 Å². The van der Waals surface area contributed by atoms with Crippen LogP contribution in [0.3, 0.4) is 0 Å². The van der Waals surface area contributed by atoms with E-state index in [1.807, 2.05) is 0 Å². The minimum absolute atomic E-state index is 0.185. The summed E-state index contributed by atoms with van der Waals surface area (Å²) in [5, 5.41) is 9.62. The van der Waals surface area contributed by atoms with Crippen LogP contribution in [0.5, 0.6) is 0 Å². The molecule has 18 heavy (non-hydrogen) atoms. The molecule has 1 heterocycles. The van der Waals surface area contributed by atoms with Crippen LogP contribution in [0.4, 0.5) is 0 Å². The zero-order valence-corrected chi connectivity index (χ0v) is 11.4. The van der Waals surface area contributed by atoms with Gasteiger partial charge < -0.3 is 5.32 Å². The summed E-state index contributed by atoms with van der Waals surface area (Å²) in [6, 6.07) is 0. The van der Waals surface area contributed by atoms with Gasteiger partial charge in [-0.25, -0.2) is 4.98 Å². The molecule has 0 radical (unpaired) electrons. The number of aromatic amines is 1. The van der Waals surface area contributed by atoms with Crippen LogP contribution in [0.15, 0.2) is 6.33 Å². The van der Waals surface area contributed by atoms with Gasteiger partial charge in [0.15, 0.2) is 0 Å². The van der Waals surface area contributed by atoms with Gasteiger partial charge in [-0.2, -0.15) is 5.10 Å². The zero-order chi connectivity index (χ0) is 13.2. The normalized spacial score (nSPS) is 10.8. The number of carbonyl (C=O) groups excluding carboxylic acids is 1. The monoisotopic (exact) mass is 252 g/mol. The molecule has 0 aliphatic rings. The third-order valence-corrected chi connectivity index (χ3v) is 3.00. The number of aromatic nitrogens is 3. The molecule has 0 aliphatic carbocycles. The number of carbonyl (C=O) groups is 1. The van der Waals surface area contributed by atoms with Gasteiger partial charge in [0.2, 0.25) is 5.91 Å².